The van der Waals surface area contributed by atoms with Crippen LogP contribution in [0.1, 0.15) is 11.1 Å². The van der Waals surface area contributed by atoms with Gasteiger partial charge in [-0.1, -0.05) is 91.0 Å². The van der Waals surface area contributed by atoms with Crippen LogP contribution in [0.2, 0.25) is 0 Å². The lowest BCUT2D eigenvalue weighted by molar-refractivity contribution is -0.137. The first kappa shape index (κ1) is 20.5. The molecule has 1 atom stereocenters. The number of allylic oxidation sites excluding steroid dienone is 5. The molecular formula is C21H17F3O2S. The highest BCUT2D eigenvalue weighted by atomic mass is 32.2. The minimum absolute atomic E-state index is 0.168. The summed E-state index contributed by atoms with van der Waals surface area (Å²) in [5.41, 5.74) is 0.460. The fraction of sp³-hybridized carbons (Fsp3) is 0.0952. The van der Waals surface area contributed by atoms with Crippen LogP contribution in [-0.2, 0) is 16.5 Å². The van der Waals surface area contributed by atoms with E-state index in [1.165, 1.54) is 12.1 Å². The van der Waals surface area contributed by atoms with Crippen LogP contribution in [0.5, 0.6) is 0 Å². The molecule has 1 aliphatic carbocycles. The average molecular weight is 390 g/mol. The van der Waals surface area contributed by atoms with E-state index in [0.717, 1.165) is 17.7 Å². The van der Waals surface area contributed by atoms with E-state index in [0.29, 0.717) is 4.86 Å². The lowest BCUT2D eigenvalue weighted by Gasteiger charge is -2.07. The van der Waals surface area contributed by atoms with Crippen LogP contribution in [0.3, 0.4) is 0 Å². The minimum atomic E-state index is -4.21. The number of benzene rings is 2. The van der Waals surface area contributed by atoms with Crippen molar-refractivity contribution in [3.8, 4) is 0 Å². The van der Waals surface area contributed by atoms with Crippen LogP contribution >= 0.6 is 0 Å². The van der Waals surface area contributed by atoms with E-state index in [2.05, 4.69) is 0 Å². The summed E-state index contributed by atoms with van der Waals surface area (Å²) in [6, 6.07) is 16.2. The Balaban J connectivity index is 0.000000223. The zero-order valence-corrected chi connectivity index (χ0v) is 15.0. The molecule has 0 aliphatic heterocycles. The maximum Gasteiger partial charge on any atom is 0.416 e. The Morgan fingerprint density at radius 2 is 1.44 bits per heavy atom. The Kier molecular flexibility index (Phi) is 7.37. The SMILES string of the molecule is FC(F)(F)c1ccccc1.O=S(=O)=C1C=CC=CC1C=Cc1ccccc1. The van der Waals surface area contributed by atoms with E-state index in [1.54, 1.807) is 18.2 Å². The van der Waals surface area contributed by atoms with Crippen LogP contribution in [0, 0.1) is 5.92 Å². The lowest BCUT2D eigenvalue weighted by atomic mass is 9.99. The van der Waals surface area contributed by atoms with Gasteiger partial charge in [-0.3, -0.25) is 0 Å². The number of rotatable bonds is 2. The first-order chi connectivity index (χ1) is 12.9. The van der Waals surface area contributed by atoms with E-state index in [-0.39, 0.29) is 5.92 Å². The van der Waals surface area contributed by atoms with Crippen molar-refractivity contribution in [2.45, 2.75) is 6.18 Å². The summed E-state index contributed by atoms with van der Waals surface area (Å²) in [5.74, 6) is -0.168. The monoisotopic (exact) mass is 390 g/mol. The predicted molar refractivity (Wildman–Crippen MR) is 103 cm³/mol. The van der Waals surface area contributed by atoms with Gasteiger partial charge in [0.15, 0.2) is 0 Å². The molecule has 0 saturated heterocycles. The molecule has 0 saturated carbocycles. The smallest absolute Gasteiger partial charge is 0.184 e. The van der Waals surface area contributed by atoms with Crippen molar-refractivity contribution in [3.63, 3.8) is 0 Å². The van der Waals surface area contributed by atoms with Crippen molar-refractivity contribution in [1.82, 2.24) is 0 Å². The highest BCUT2D eigenvalue weighted by molar-refractivity contribution is 7.73. The van der Waals surface area contributed by atoms with Gasteiger partial charge in [0.25, 0.3) is 0 Å². The van der Waals surface area contributed by atoms with Crippen LogP contribution in [0.25, 0.3) is 6.08 Å². The minimum Gasteiger partial charge on any atom is -0.184 e. The molecule has 0 N–H and O–H groups in total. The van der Waals surface area contributed by atoms with Crippen molar-refractivity contribution in [1.29, 1.82) is 0 Å². The van der Waals surface area contributed by atoms with Gasteiger partial charge < -0.3 is 0 Å². The van der Waals surface area contributed by atoms with Crippen LogP contribution < -0.4 is 0 Å². The zero-order chi connectivity index (χ0) is 19.7. The fourth-order valence-corrected chi connectivity index (χ4v) is 2.84. The summed E-state index contributed by atoms with van der Waals surface area (Å²) in [6.07, 6.45) is 6.70. The Hall–Kier alpha value is -2.86. The summed E-state index contributed by atoms with van der Waals surface area (Å²) in [5, 5.41) is 0. The van der Waals surface area contributed by atoms with Crippen molar-refractivity contribution in [2.24, 2.45) is 5.92 Å². The van der Waals surface area contributed by atoms with Gasteiger partial charge in [0.1, 0.15) is 0 Å². The number of hydrogen-bond donors (Lipinski definition) is 0. The molecule has 0 aromatic heterocycles. The van der Waals surface area contributed by atoms with E-state index >= 15 is 0 Å². The van der Waals surface area contributed by atoms with Crippen molar-refractivity contribution >= 4 is 21.2 Å². The highest BCUT2D eigenvalue weighted by Gasteiger charge is 2.29. The van der Waals surface area contributed by atoms with E-state index in [1.807, 2.05) is 54.6 Å². The summed E-state index contributed by atoms with van der Waals surface area (Å²) < 4.78 is 57.4. The Bertz CT molecular complexity index is 947. The predicted octanol–water partition coefficient (Wildman–Crippen LogP) is 5.20. The van der Waals surface area contributed by atoms with E-state index in [4.69, 9.17) is 0 Å². The van der Waals surface area contributed by atoms with Crippen LogP contribution in [-0.4, -0.2) is 13.3 Å². The first-order valence-corrected chi connectivity index (χ1v) is 9.12. The lowest BCUT2D eigenvalue weighted by Crippen LogP contribution is -2.10. The fourth-order valence-electron chi connectivity index (χ4n) is 2.27. The molecule has 0 amide bonds. The van der Waals surface area contributed by atoms with Gasteiger partial charge in [0.2, 0.25) is 10.3 Å². The van der Waals surface area contributed by atoms with Gasteiger partial charge in [-0.2, -0.15) is 21.6 Å². The van der Waals surface area contributed by atoms with Crippen LogP contribution in [0.15, 0.2) is 91.0 Å². The topological polar surface area (TPSA) is 34.1 Å². The van der Waals surface area contributed by atoms with Crippen molar-refractivity contribution in [3.05, 3.63) is 102 Å². The molecule has 6 heteroatoms. The van der Waals surface area contributed by atoms with E-state index < -0.39 is 22.0 Å². The van der Waals surface area contributed by atoms with Crippen LogP contribution in [0.4, 0.5) is 13.2 Å². The molecule has 0 radical (unpaired) electrons. The van der Waals surface area contributed by atoms with Gasteiger partial charge in [0, 0.05) is 5.92 Å². The van der Waals surface area contributed by atoms with Gasteiger partial charge in [-0.15, -0.1) is 0 Å². The summed E-state index contributed by atoms with van der Waals surface area (Å²) in [4.78, 5) is 0.402. The van der Waals surface area contributed by atoms with Gasteiger partial charge in [-0.05, 0) is 11.6 Å². The molecule has 27 heavy (non-hydrogen) atoms. The molecule has 0 spiro atoms. The third-order valence-electron chi connectivity index (χ3n) is 3.61. The summed E-state index contributed by atoms with van der Waals surface area (Å²) in [7, 11) is -2.16. The molecule has 2 aromatic rings. The second kappa shape index (κ2) is 9.73. The summed E-state index contributed by atoms with van der Waals surface area (Å²) in [6.45, 7) is 0. The average Bonchev–Trinajstić information content (AvgIpc) is 2.68. The van der Waals surface area contributed by atoms with Gasteiger partial charge in [-0.25, -0.2) is 0 Å². The van der Waals surface area contributed by atoms with Gasteiger partial charge >= 0.3 is 6.18 Å². The largest absolute Gasteiger partial charge is 0.416 e. The Morgan fingerprint density at radius 1 is 0.852 bits per heavy atom. The van der Waals surface area contributed by atoms with Crippen molar-refractivity contribution in [2.75, 3.05) is 0 Å². The molecule has 3 rings (SSSR count). The Labute approximate surface area is 157 Å². The van der Waals surface area contributed by atoms with Gasteiger partial charge in [0.05, 0.1) is 10.4 Å². The third kappa shape index (κ3) is 6.75. The molecule has 2 aromatic carbocycles. The quantitative estimate of drug-likeness (QED) is 0.661. The maximum atomic E-state index is 11.8. The molecular weight excluding hydrogens is 373 g/mol. The first-order valence-electron chi connectivity index (χ1n) is 8.04. The van der Waals surface area contributed by atoms with E-state index in [9.17, 15) is 21.6 Å². The van der Waals surface area contributed by atoms with Crippen molar-refractivity contribution < 1.29 is 21.6 Å². The maximum absolute atomic E-state index is 11.8. The third-order valence-corrected chi connectivity index (χ3v) is 4.40. The zero-order valence-electron chi connectivity index (χ0n) is 14.2. The molecule has 1 unspecified atom stereocenters. The summed E-state index contributed by atoms with van der Waals surface area (Å²) >= 11 is 0. The number of halogens is 3. The standard InChI is InChI=1S/C14H12O2S.C7H5F3/c15-17(16)14-9-5-4-8-13(14)11-10-12-6-2-1-3-7-12;8-7(9,10)6-4-2-1-3-5-6/h1-11,13H;1-5H. The Morgan fingerprint density at radius 3 is 1.96 bits per heavy atom. The molecule has 0 heterocycles. The molecule has 0 bridgehead atoms. The number of hydrogen-bond acceptors (Lipinski definition) is 2. The molecule has 1 aliphatic rings. The molecule has 140 valence electrons. The second-order valence-electron chi connectivity index (χ2n) is 5.54. The highest BCUT2D eigenvalue weighted by Crippen LogP contribution is 2.28. The molecule has 0 fully saturated rings. The normalized spacial score (nSPS) is 16.1. The second-order valence-corrected chi connectivity index (χ2v) is 6.48. The molecule has 2 nitrogen and oxygen atoms in total. The number of alkyl halides is 3.